The largest absolute Gasteiger partial charge is 0.493 e. The van der Waals surface area contributed by atoms with Crippen molar-refractivity contribution >= 4 is 35.6 Å². The number of rotatable bonds is 7. The van der Waals surface area contributed by atoms with Crippen molar-refractivity contribution in [1.82, 2.24) is 5.32 Å². The zero-order valence-electron chi connectivity index (χ0n) is 14.9. The molecule has 1 aliphatic rings. The van der Waals surface area contributed by atoms with Crippen LogP contribution in [0.2, 0.25) is 0 Å². The quantitative estimate of drug-likeness (QED) is 0.629. The van der Waals surface area contributed by atoms with E-state index in [1.807, 2.05) is 0 Å². The van der Waals surface area contributed by atoms with Gasteiger partial charge in [-0.05, 0) is 37.1 Å². The Morgan fingerprint density at radius 2 is 1.89 bits per heavy atom. The molecule has 0 spiro atoms. The van der Waals surface area contributed by atoms with Gasteiger partial charge in [0.25, 0.3) is 11.8 Å². The predicted molar refractivity (Wildman–Crippen MR) is 106 cm³/mol. The van der Waals surface area contributed by atoms with Crippen LogP contribution in [0.4, 0.5) is 11.4 Å². The fourth-order valence-corrected chi connectivity index (χ4v) is 2.41. The van der Waals surface area contributed by atoms with Crippen LogP contribution in [0.25, 0.3) is 0 Å². The summed E-state index contributed by atoms with van der Waals surface area (Å²) in [6.07, 6.45) is 2.03. The summed E-state index contributed by atoms with van der Waals surface area (Å²) in [6, 6.07) is 12.1. The van der Waals surface area contributed by atoms with Gasteiger partial charge in [-0.1, -0.05) is 12.1 Å². The van der Waals surface area contributed by atoms with Gasteiger partial charge in [0.2, 0.25) is 0 Å². The molecule has 0 heterocycles. The van der Waals surface area contributed by atoms with E-state index in [0.29, 0.717) is 28.4 Å². The van der Waals surface area contributed by atoms with Crippen LogP contribution in [-0.4, -0.2) is 31.6 Å². The lowest BCUT2D eigenvalue weighted by molar-refractivity contribution is -0.123. The van der Waals surface area contributed by atoms with E-state index in [0.717, 1.165) is 12.8 Å². The second kappa shape index (κ2) is 9.14. The second-order valence-corrected chi connectivity index (χ2v) is 6.04. The first-order valence-electron chi connectivity index (χ1n) is 8.33. The maximum atomic E-state index is 12.4. The molecule has 7 nitrogen and oxygen atoms in total. The Kier molecular flexibility index (Phi) is 6.90. The number of carbonyl (C=O) groups is 2. The van der Waals surface area contributed by atoms with Crippen LogP contribution in [0, 0.1) is 0 Å². The first-order valence-corrected chi connectivity index (χ1v) is 8.33. The number of nitrogens with two attached hydrogens (primary N) is 1. The summed E-state index contributed by atoms with van der Waals surface area (Å²) < 4.78 is 10.8. The molecule has 0 saturated heterocycles. The van der Waals surface area contributed by atoms with Crippen LogP contribution in [0.1, 0.15) is 23.2 Å². The average molecular weight is 392 g/mol. The number of anilines is 2. The number of benzene rings is 2. The molecule has 2 aromatic carbocycles. The van der Waals surface area contributed by atoms with Crippen molar-refractivity contribution in [3.8, 4) is 11.5 Å². The molecule has 0 radical (unpaired) electrons. The van der Waals surface area contributed by atoms with Crippen molar-refractivity contribution in [2.45, 2.75) is 18.9 Å². The molecule has 1 aliphatic carbocycles. The Morgan fingerprint density at radius 3 is 2.56 bits per heavy atom. The van der Waals surface area contributed by atoms with Gasteiger partial charge in [-0.25, -0.2) is 0 Å². The van der Waals surface area contributed by atoms with Gasteiger partial charge in [-0.3, -0.25) is 9.59 Å². The highest BCUT2D eigenvalue weighted by atomic mass is 35.5. The fraction of sp³-hybridized carbons (Fsp3) is 0.263. The van der Waals surface area contributed by atoms with Gasteiger partial charge in [-0.15, -0.1) is 12.4 Å². The summed E-state index contributed by atoms with van der Waals surface area (Å²) in [6.45, 7) is -0.115. The van der Waals surface area contributed by atoms with Gasteiger partial charge in [-0.2, -0.15) is 0 Å². The standard InChI is InChI=1S/C19H21N3O4.ClH/c1-25-16-9-8-13(22-19(24)14-4-2-3-5-15(14)20)10-17(16)26-11-18(23)21-12-6-7-12;/h2-5,8-10,12H,6-7,11,20H2,1H3,(H,21,23)(H,22,24);1H. The molecular formula is C19H22ClN3O4. The zero-order chi connectivity index (χ0) is 18.5. The molecule has 0 aromatic heterocycles. The van der Waals surface area contributed by atoms with Crippen molar-refractivity contribution in [3.63, 3.8) is 0 Å². The molecular weight excluding hydrogens is 370 g/mol. The summed E-state index contributed by atoms with van der Waals surface area (Å²) in [5.41, 5.74) is 7.12. The number of hydrogen-bond donors (Lipinski definition) is 3. The monoisotopic (exact) mass is 391 g/mol. The third-order valence-electron chi connectivity index (χ3n) is 3.93. The lowest BCUT2D eigenvalue weighted by Crippen LogP contribution is -2.30. The minimum absolute atomic E-state index is 0. The van der Waals surface area contributed by atoms with Crippen LogP contribution >= 0.6 is 12.4 Å². The third-order valence-corrected chi connectivity index (χ3v) is 3.93. The molecule has 0 unspecified atom stereocenters. The van der Waals surface area contributed by atoms with Gasteiger partial charge in [0.15, 0.2) is 18.1 Å². The van der Waals surface area contributed by atoms with Crippen molar-refractivity contribution in [2.75, 3.05) is 24.8 Å². The molecule has 3 rings (SSSR count). The van der Waals surface area contributed by atoms with Gasteiger partial charge < -0.3 is 25.8 Å². The lowest BCUT2D eigenvalue weighted by atomic mass is 10.1. The minimum atomic E-state index is -0.328. The number of para-hydroxylation sites is 1. The molecule has 2 amide bonds. The minimum Gasteiger partial charge on any atom is -0.493 e. The number of nitrogens with one attached hydrogen (secondary N) is 2. The van der Waals surface area contributed by atoms with E-state index in [1.165, 1.54) is 7.11 Å². The van der Waals surface area contributed by atoms with Gasteiger partial charge in [0.1, 0.15) is 0 Å². The summed E-state index contributed by atoms with van der Waals surface area (Å²) in [4.78, 5) is 24.2. The average Bonchev–Trinajstić information content (AvgIpc) is 3.44. The van der Waals surface area contributed by atoms with Gasteiger partial charge in [0.05, 0.1) is 12.7 Å². The Bertz CT molecular complexity index is 824. The van der Waals surface area contributed by atoms with Crippen molar-refractivity contribution in [3.05, 3.63) is 48.0 Å². The highest BCUT2D eigenvalue weighted by Gasteiger charge is 2.23. The molecule has 27 heavy (non-hydrogen) atoms. The number of nitrogen functional groups attached to an aromatic ring is 1. The normalized spacial score (nSPS) is 12.5. The molecule has 8 heteroatoms. The summed E-state index contributed by atoms with van der Waals surface area (Å²) in [5.74, 6) is 0.338. The van der Waals surface area contributed by atoms with E-state index < -0.39 is 0 Å². The van der Waals surface area contributed by atoms with Gasteiger partial charge in [0, 0.05) is 23.5 Å². The highest BCUT2D eigenvalue weighted by molar-refractivity contribution is 6.07. The molecule has 0 atom stereocenters. The summed E-state index contributed by atoms with van der Waals surface area (Å²) in [5, 5.41) is 5.61. The maximum Gasteiger partial charge on any atom is 0.258 e. The number of hydrogen-bond acceptors (Lipinski definition) is 5. The molecule has 1 fully saturated rings. The van der Waals surface area contributed by atoms with E-state index >= 15 is 0 Å². The topological polar surface area (TPSA) is 103 Å². The molecule has 144 valence electrons. The first-order chi connectivity index (χ1) is 12.6. The first kappa shape index (κ1) is 20.4. The Hall–Kier alpha value is -2.93. The second-order valence-electron chi connectivity index (χ2n) is 6.04. The lowest BCUT2D eigenvalue weighted by Gasteiger charge is -2.13. The molecule has 0 aliphatic heterocycles. The Balaban J connectivity index is 0.00000261. The molecule has 2 aromatic rings. The number of carbonyl (C=O) groups excluding carboxylic acids is 2. The number of amides is 2. The highest BCUT2D eigenvalue weighted by Crippen LogP contribution is 2.30. The third kappa shape index (κ3) is 5.52. The van der Waals surface area contributed by atoms with E-state index in [4.69, 9.17) is 15.2 Å². The van der Waals surface area contributed by atoms with E-state index in [2.05, 4.69) is 10.6 Å². The molecule has 1 saturated carbocycles. The van der Waals surface area contributed by atoms with Gasteiger partial charge >= 0.3 is 0 Å². The van der Waals surface area contributed by atoms with Crippen LogP contribution in [-0.2, 0) is 4.79 Å². The fourth-order valence-electron chi connectivity index (χ4n) is 2.41. The Labute approximate surface area is 163 Å². The molecule has 0 bridgehead atoms. The van der Waals surface area contributed by atoms with Crippen molar-refractivity contribution in [1.29, 1.82) is 0 Å². The maximum absolute atomic E-state index is 12.4. The number of methoxy groups -OCH3 is 1. The number of ether oxygens (including phenoxy) is 2. The predicted octanol–water partition coefficient (Wildman–Crippen LogP) is 2.61. The number of halogens is 1. The van der Waals surface area contributed by atoms with Crippen LogP contribution in [0.5, 0.6) is 11.5 Å². The summed E-state index contributed by atoms with van der Waals surface area (Å²) in [7, 11) is 1.51. The Morgan fingerprint density at radius 1 is 1.15 bits per heavy atom. The van der Waals surface area contributed by atoms with E-state index in [1.54, 1.807) is 42.5 Å². The van der Waals surface area contributed by atoms with E-state index in [-0.39, 0.29) is 36.9 Å². The van der Waals surface area contributed by atoms with Crippen LogP contribution in [0.15, 0.2) is 42.5 Å². The summed E-state index contributed by atoms with van der Waals surface area (Å²) >= 11 is 0. The molecule has 4 N–H and O–H groups in total. The van der Waals surface area contributed by atoms with E-state index in [9.17, 15) is 9.59 Å². The SMILES string of the molecule is COc1ccc(NC(=O)c2ccccc2N)cc1OCC(=O)NC1CC1.Cl. The zero-order valence-corrected chi connectivity index (χ0v) is 15.7. The smallest absolute Gasteiger partial charge is 0.258 e. The van der Waals surface area contributed by atoms with Crippen LogP contribution in [0.3, 0.4) is 0 Å². The van der Waals surface area contributed by atoms with Crippen molar-refractivity contribution in [2.24, 2.45) is 0 Å². The van der Waals surface area contributed by atoms with Crippen molar-refractivity contribution < 1.29 is 19.1 Å². The van der Waals surface area contributed by atoms with Crippen LogP contribution < -0.4 is 25.8 Å².